The average Bonchev–Trinajstić information content (AvgIpc) is 2.22. The van der Waals surface area contributed by atoms with Crippen molar-refractivity contribution in [1.82, 2.24) is 5.32 Å². The zero-order valence-electron chi connectivity index (χ0n) is 12.5. The number of amides is 1. The van der Waals surface area contributed by atoms with Crippen molar-refractivity contribution in [3.8, 4) is 0 Å². The Labute approximate surface area is 111 Å². The Hall–Kier alpha value is -0.770. The molecule has 2 unspecified atom stereocenters. The molecule has 0 saturated carbocycles. The van der Waals surface area contributed by atoms with E-state index in [1.807, 2.05) is 20.8 Å². The van der Waals surface area contributed by atoms with Crippen molar-refractivity contribution in [3.05, 3.63) is 0 Å². The minimum atomic E-state index is -0.478. The second kappa shape index (κ2) is 8.35. The summed E-state index contributed by atoms with van der Waals surface area (Å²) in [5.41, 5.74) is -0.478. The van der Waals surface area contributed by atoms with Gasteiger partial charge in [-0.3, -0.25) is 0 Å². The van der Waals surface area contributed by atoms with Crippen molar-refractivity contribution in [1.29, 1.82) is 0 Å². The van der Waals surface area contributed by atoms with Crippen molar-refractivity contribution in [2.75, 3.05) is 13.2 Å². The molecule has 2 N–H and O–H groups in total. The van der Waals surface area contributed by atoms with Crippen LogP contribution in [-0.4, -0.2) is 30.0 Å². The summed E-state index contributed by atoms with van der Waals surface area (Å²) in [7, 11) is 0. The smallest absolute Gasteiger partial charge is 0.407 e. The fourth-order valence-corrected chi connectivity index (χ4v) is 1.94. The molecule has 0 aliphatic heterocycles. The van der Waals surface area contributed by atoms with Gasteiger partial charge in [-0.2, -0.15) is 0 Å². The highest BCUT2D eigenvalue weighted by Gasteiger charge is 2.18. The zero-order chi connectivity index (χ0) is 14.2. The van der Waals surface area contributed by atoms with Gasteiger partial charge in [-0.1, -0.05) is 26.7 Å². The third-order valence-electron chi connectivity index (χ3n) is 2.71. The third-order valence-corrected chi connectivity index (χ3v) is 2.71. The second-order valence-electron chi connectivity index (χ2n) is 6.06. The minimum absolute atomic E-state index is 0.101. The maximum Gasteiger partial charge on any atom is 0.407 e. The number of rotatable bonds is 7. The maximum absolute atomic E-state index is 11.5. The Bertz CT molecular complexity index is 236. The first-order chi connectivity index (χ1) is 8.28. The predicted molar refractivity (Wildman–Crippen MR) is 73.5 cm³/mol. The summed E-state index contributed by atoms with van der Waals surface area (Å²) >= 11 is 0. The van der Waals surface area contributed by atoms with E-state index in [0.29, 0.717) is 12.5 Å². The summed E-state index contributed by atoms with van der Waals surface area (Å²) in [5.74, 6) is 0.687. The normalized spacial score (nSPS) is 15.0. The summed E-state index contributed by atoms with van der Waals surface area (Å²) < 4.78 is 5.15. The van der Waals surface area contributed by atoms with Crippen molar-refractivity contribution >= 4 is 6.09 Å². The van der Waals surface area contributed by atoms with Gasteiger partial charge >= 0.3 is 6.09 Å². The van der Waals surface area contributed by atoms with Gasteiger partial charge in [-0.15, -0.1) is 0 Å². The van der Waals surface area contributed by atoms with Gasteiger partial charge < -0.3 is 15.2 Å². The number of hydrogen-bond acceptors (Lipinski definition) is 3. The fraction of sp³-hybridized carbons (Fsp3) is 0.929. The molecule has 0 spiro atoms. The molecule has 0 fully saturated rings. The number of aliphatic hydroxyl groups is 1. The summed E-state index contributed by atoms with van der Waals surface area (Å²) in [4.78, 5) is 11.5. The minimum Gasteiger partial charge on any atom is -0.444 e. The van der Waals surface area contributed by atoms with Gasteiger partial charge in [0.15, 0.2) is 0 Å². The Morgan fingerprint density at radius 1 is 1.39 bits per heavy atom. The molecule has 0 bridgehead atoms. The fourth-order valence-electron chi connectivity index (χ4n) is 1.94. The lowest BCUT2D eigenvalue weighted by Gasteiger charge is -2.22. The Morgan fingerprint density at radius 2 is 2.00 bits per heavy atom. The number of carbonyl (C=O) groups excluding carboxylic acids is 1. The third kappa shape index (κ3) is 9.28. The van der Waals surface area contributed by atoms with Gasteiger partial charge in [0.2, 0.25) is 0 Å². The molecule has 4 heteroatoms. The standard InChI is InChI=1S/C14H29NO3/c1-6-7-11(2)8-12(10-16)9-15-13(17)18-14(3,4)5/h11-12,16H,6-10H2,1-5H3,(H,15,17). The zero-order valence-corrected chi connectivity index (χ0v) is 12.5. The molecule has 0 aliphatic rings. The molecule has 0 aromatic carbocycles. The van der Waals surface area contributed by atoms with E-state index in [4.69, 9.17) is 4.74 Å². The molecule has 2 atom stereocenters. The van der Waals surface area contributed by atoms with Crippen LogP contribution in [0.15, 0.2) is 0 Å². The molecule has 0 aliphatic carbocycles. The van der Waals surface area contributed by atoms with Crippen molar-refractivity contribution in [2.45, 2.75) is 59.5 Å². The molecular weight excluding hydrogens is 230 g/mol. The predicted octanol–water partition coefficient (Wildman–Crippen LogP) is 2.95. The van der Waals surface area contributed by atoms with E-state index < -0.39 is 11.7 Å². The number of ether oxygens (including phenoxy) is 1. The molecule has 0 aromatic rings. The first-order valence-electron chi connectivity index (χ1n) is 6.86. The summed E-state index contributed by atoms with van der Waals surface area (Å²) in [6.07, 6.45) is 2.83. The lowest BCUT2D eigenvalue weighted by molar-refractivity contribution is 0.0508. The topological polar surface area (TPSA) is 58.6 Å². The molecule has 108 valence electrons. The lowest BCUT2D eigenvalue weighted by Crippen LogP contribution is -2.36. The van der Waals surface area contributed by atoms with Gasteiger partial charge in [-0.05, 0) is 39.0 Å². The lowest BCUT2D eigenvalue weighted by atomic mass is 9.93. The average molecular weight is 259 g/mol. The molecule has 0 rings (SSSR count). The van der Waals surface area contributed by atoms with Crippen LogP contribution in [0, 0.1) is 11.8 Å². The highest BCUT2D eigenvalue weighted by molar-refractivity contribution is 5.67. The van der Waals surface area contributed by atoms with Crippen molar-refractivity contribution in [2.24, 2.45) is 11.8 Å². The number of alkyl carbamates (subject to hydrolysis) is 1. The summed E-state index contributed by atoms with van der Waals surface area (Å²) in [5, 5.41) is 12.0. The summed E-state index contributed by atoms with van der Waals surface area (Å²) in [6.45, 7) is 10.4. The Morgan fingerprint density at radius 3 is 2.44 bits per heavy atom. The molecule has 18 heavy (non-hydrogen) atoms. The Balaban J connectivity index is 3.96. The van der Waals surface area contributed by atoms with Crippen molar-refractivity contribution in [3.63, 3.8) is 0 Å². The molecule has 0 saturated heterocycles. The first kappa shape index (κ1) is 17.2. The molecule has 0 heterocycles. The summed E-state index contributed by atoms with van der Waals surface area (Å²) in [6, 6.07) is 0. The van der Waals surface area contributed by atoms with Gasteiger partial charge in [0, 0.05) is 13.2 Å². The van der Waals surface area contributed by atoms with Crippen LogP contribution in [-0.2, 0) is 4.74 Å². The SMILES string of the molecule is CCCC(C)CC(CO)CNC(=O)OC(C)(C)C. The van der Waals surface area contributed by atoms with Gasteiger partial charge in [0.1, 0.15) is 5.60 Å². The largest absolute Gasteiger partial charge is 0.444 e. The van der Waals surface area contributed by atoms with Crippen LogP contribution in [0.2, 0.25) is 0 Å². The van der Waals surface area contributed by atoms with Crippen LogP contribution in [0.25, 0.3) is 0 Å². The monoisotopic (exact) mass is 259 g/mol. The number of nitrogens with one attached hydrogen (secondary N) is 1. The van der Waals surface area contributed by atoms with E-state index in [2.05, 4.69) is 19.2 Å². The van der Waals surface area contributed by atoms with E-state index in [9.17, 15) is 9.90 Å². The van der Waals surface area contributed by atoms with Gasteiger partial charge in [0.25, 0.3) is 0 Å². The number of hydrogen-bond donors (Lipinski definition) is 2. The molecule has 0 radical (unpaired) electrons. The van der Waals surface area contributed by atoms with Crippen LogP contribution in [0.3, 0.4) is 0 Å². The molecule has 0 aromatic heterocycles. The quantitative estimate of drug-likeness (QED) is 0.739. The molecule has 4 nitrogen and oxygen atoms in total. The van der Waals surface area contributed by atoms with E-state index in [1.54, 1.807) is 0 Å². The number of aliphatic hydroxyl groups excluding tert-OH is 1. The number of carbonyl (C=O) groups is 1. The van der Waals surface area contributed by atoms with Crippen LogP contribution in [0.1, 0.15) is 53.9 Å². The molecular formula is C14H29NO3. The van der Waals surface area contributed by atoms with Crippen LogP contribution < -0.4 is 5.32 Å². The van der Waals surface area contributed by atoms with Crippen LogP contribution >= 0.6 is 0 Å². The van der Waals surface area contributed by atoms with Crippen molar-refractivity contribution < 1.29 is 14.6 Å². The molecule has 1 amide bonds. The van der Waals surface area contributed by atoms with E-state index in [-0.39, 0.29) is 12.5 Å². The second-order valence-corrected chi connectivity index (χ2v) is 6.06. The highest BCUT2D eigenvalue weighted by Crippen LogP contribution is 2.16. The van der Waals surface area contributed by atoms with E-state index in [0.717, 1.165) is 19.3 Å². The van der Waals surface area contributed by atoms with E-state index in [1.165, 1.54) is 0 Å². The van der Waals surface area contributed by atoms with Crippen LogP contribution in [0.4, 0.5) is 4.79 Å². The Kier molecular flexibility index (Phi) is 8.00. The highest BCUT2D eigenvalue weighted by atomic mass is 16.6. The van der Waals surface area contributed by atoms with Gasteiger partial charge in [-0.25, -0.2) is 4.79 Å². The van der Waals surface area contributed by atoms with Crippen LogP contribution in [0.5, 0.6) is 0 Å². The van der Waals surface area contributed by atoms with Gasteiger partial charge in [0.05, 0.1) is 0 Å². The first-order valence-corrected chi connectivity index (χ1v) is 6.86. The van der Waals surface area contributed by atoms with E-state index >= 15 is 0 Å². The maximum atomic E-state index is 11.5.